The second-order valence-electron chi connectivity index (χ2n) is 3.79. The van der Waals surface area contributed by atoms with E-state index in [1.807, 2.05) is 19.2 Å². The smallest absolute Gasteiger partial charge is 0.356 e. The number of hydrogen-bond donors (Lipinski definition) is 2. The molecule has 2 N–H and O–H groups in total. The molecule has 2 heterocycles. The molecule has 0 aromatic carbocycles. The minimum absolute atomic E-state index is 0.00804. The molecule has 0 saturated heterocycles. The van der Waals surface area contributed by atoms with Crippen LogP contribution in [0.3, 0.4) is 0 Å². The predicted octanol–water partition coefficient (Wildman–Crippen LogP) is 2.11. The summed E-state index contributed by atoms with van der Waals surface area (Å²) >= 11 is 1.57. The molecule has 0 aliphatic rings. The normalized spacial score (nSPS) is 12.1. The third kappa shape index (κ3) is 2.80. The number of aryl methyl sites for hydroxylation is 1. The van der Waals surface area contributed by atoms with E-state index < -0.39 is 5.97 Å². The number of carbonyl (C=O) groups is 1. The molecular weight excluding hydrogens is 252 g/mol. The number of nitrogens with one attached hydrogen (secondary N) is 1. The van der Waals surface area contributed by atoms with Gasteiger partial charge in [0, 0.05) is 11.1 Å². The minimum Gasteiger partial charge on any atom is -0.476 e. The molecule has 2 aromatic heterocycles. The molecule has 0 fully saturated rings. The highest BCUT2D eigenvalue weighted by molar-refractivity contribution is 7.09. The van der Waals surface area contributed by atoms with Crippen LogP contribution < -0.4 is 5.32 Å². The predicted molar refractivity (Wildman–Crippen MR) is 67.9 cm³/mol. The van der Waals surface area contributed by atoms with E-state index in [2.05, 4.69) is 20.3 Å². The minimum atomic E-state index is -1.09. The van der Waals surface area contributed by atoms with Gasteiger partial charge in [-0.2, -0.15) is 0 Å². The SMILES string of the molecule is Cc1csc(C(C)Nc2cnc(C(=O)O)cn2)n1. The Kier molecular flexibility index (Phi) is 3.52. The second kappa shape index (κ2) is 5.09. The van der Waals surface area contributed by atoms with Gasteiger partial charge in [0.25, 0.3) is 0 Å². The van der Waals surface area contributed by atoms with Crippen LogP contribution in [0.15, 0.2) is 17.8 Å². The molecular formula is C11H12N4O2S. The number of anilines is 1. The number of aromatic nitrogens is 3. The van der Waals surface area contributed by atoms with Gasteiger partial charge in [0.05, 0.1) is 18.4 Å². The second-order valence-corrected chi connectivity index (χ2v) is 4.67. The van der Waals surface area contributed by atoms with Crippen LogP contribution in [0.25, 0.3) is 0 Å². The fraction of sp³-hybridized carbons (Fsp3) is 0.273. The van der Waals surface area contributed by atoms with Crippen molar-refractivity contribution in [2.75, 3.05) is 5.32 Å². The van der Waals surface area contributed by atoms with E-state index in [1.54, 1.807) is 11.3 Å². The van der Waals surface area contributed by atoms with Crippen molar-refractivity contribution in [3.05, 3.63) is 34.2 Å². The molecule has 94 valence electrons. The molecule has 7 heteroatoms. The fourth-order valence-corrected chi connectivity index (χ4v) is 2.17. The third-order valence-electron chi connectivity index (χ3n) is 2.24. The summed E-state index contributed by atoms with van der Waals surface area (Å²) in [6.45, 7) is 3.90. The molecule has 0 bridgehead atoms. The first-order chi connectivity index (χ1) is 8.56. The number of carboxylic acid groups (broad SMARTS) is 1. The molecule has 1 unspecified atom stereocenters. The average Bonchev–Trinajstić information content (AvgIpc) is 2.76. The molecule has 0 aliphatic carbocycles. The maximum absolute atomic E-state index is 10.6. The number of carboxylic acids is 1. The highest BCUT2D eigenvalue weighted by atomic mass is 32.1. The fourth-order valence-electron chi connectivity index (χ4n) is 1.37. The zero-order valence-electron chi connectivity index (χ0n) is 9.91. The van der Waals surface area contributed by atoms with Gasteiger partial charge >= 0.3 is 5.97 Å². The lowest BCUT2D eigenvalue weighted by atomic mass is 10.3. The zero-order valence-corrected chi connectivity index (χ0v) is 10.7. The van der Waals surface area contributed by atoms with Gasteiger partial charge in [-0.1, -0.05) is 0 Å². The van der Waals surface area contributed by atoms with E-state index in [0.717, 1.165) is 10.7 Å². The zero-order chi connectivity index (χ0) is 13.1. The number of thiazole rings is 1. The third-order valence-corrected chi connectivity index (χ3v) is 3.39. The molecule has 0 amide bonds. The van der Waals surface area contributed by atoms with Crippen molar-refractivity contribution >= 4 is 23.1 Å². The largest absolute Gasteiger partial charge is 0.476 e. The van der Waals surface area contributed by atoms with Crippen LogP contribution in [0.5, 0.6) is 0 Å². The Hall–Kier alpha value is -2.02. The molecule has 0 aliphatic heterocycles. The average molecular weight is 264 g/mol. The van der Waals surface area contributed by atoms with Gasteiger partial charge in [-0.05, 0) is 13.8 Å². The molecule has 2 aromatic rings. The lowest BCUT2D eigenvalue weighted by molar-refractivity contribution is 0.0690. The van der Waals surface area contributed by atoms with Crippen LogP contribution in [-0.4, -0.2) is 26.0 Å². The van der Waals surface area contributed by atoms with E-state index in [0.29, 0.717) is 5.82 Å². The summed E-state index contributed by atoms with van der Waals surface area (Å²) in [4.78, 5) is 22.8. The highest BCUT2D eigenvalue weighted by Crippen LogP contribution is 2.20. The van der Waals surface area contributed by atoms with Gasteiger partial charge < -0.3 is 10.4 Å². The van der Waals surface area contributed by atoms with E-state index in [9.17, 15) is 4.79 Å². The monoisotopic (exact) mass is 264 g/mol. The highest BCUT2D eigenvalue weighted by Gasteiger charge is 2.11. The van der Waals surface area contributed by atoms with Crippen LogP contribution in [0.1, 0.15) is 34.2 Å². The number of rotatable bonds is 4. The molecule has 2 rings (SSSR count). The Balaban J connectivity index is 2.07. The van der Waals surface area contributed by atoms with E-state index in [-0.39, 0.29) is 11.7 Å². The van der Waals surface area contributed by atoms with Crippen LogP contribution in [0.2, 0.25) is 0 Å². The molecule has 18 heavy (non-hydrogen) atoms. The van der Waals surface area contributed by atoms with Gasteiger partial charge in [0.1, 0.15) is 10.8 Å². The van der Waals surface area contributed by atoms with Crippen LogP contribution in [0.4, 0.5) is 5.82 Å². The van der Waals surface area contributed by atoms with E-state index in [4.69, 9.17) is 5.11 Å². The van der Waals surface area contributed by atoms with Gasteiger partial charge in [-0.3, -0.25) is 0 Å². The number of hydrogen-bond acceptors (Lipinski definition) is 6. The Bertz CT molecular complexity index is 552. The van der Waals surface area contributed by atoms with Crippen LogP contribution in [0, 0.1) is 6.92 Å². The van der Waals surface area contributed by atoms with Crippen molar-refractivity contribution in [3.63, 3.8) is 0 Å². The first-order valence-corrected chi connectivity index (χ1v) is 6.18. The molecule has 1 atom stereocenters. The molecule has 0 radical (unpaired) electrons. The Labute approximate surface area is 108 Å². The van der Waals surface area contributed by atoms with Gasteiger partial charge in [0.15, 0.2) is 5.69 Å². The molecule has 0 spiro atoms. The molecule has 6 nitrogen and oxygen atoms in total. The summed E-state index contributed by atoms with van der Waals surface area (Å²) in [5, 5.41) is 14.8. The van der Waals surface area contributed by atoms with Gasteiger partial charge in [0.2, 0.25) is 0 Å². The summed E-state index contributed by atoms with van der Waals surface area (Å²) in [6, 6.07) is 0.00804. The van der Waals surface area contributed by atoms with Gasteiger partial charge in [-0.15, -0.1) is 11.3 Å². The topological polar surface area (TPSA) is 88.0 Å². The van der Waals surface area contributed by atoms with Crippen molar-refractivity contribution < 1.29 is 9.90 Å². The van der Waals surface area contributed by atoms with Gasteiger partial charge in [-0.25, -0.2) is 19.7 Å². The standard InChI is InChI=1S/C11H12N4O2S/c1-6-5-18-10(14-6)7(2)15-9-4-12-8(3-13-9)11(16)17/h3-5,7H,1-2H3,(H,13,15)(H,16,17). The Morgan fingerprint density at radius 2 is 2.22 bits per heavy atom. The lowest BCUT2D eigenvalue weighted by Crippen LogP contribution is -2.09. The number of aromatic carboxylic acids is 1. The van der Waals surface area contributed by atoms with Crippen molar-refractivity contribution in [2.45, 2.75) is 19.9 Å². The molecule has 0 saturated carbocycles. The Morgan fingerprint density at radius 1 is 1.44 bits per heavy atom. The van der Waals surface area contributed by atoms with Crippen molar-refractivity contribution in [3.8, 4) is 0 Å². The van der Waals surface area contributed by atoms with Crippen molar-refractivity contribution in [1.29, 1.82) is 0 Å². The van der Waals surface area contributed by atoms with Crippen molar-refractivity contribution in [1.82, 2.24) is 15.0 Å². The first kappa shape index (κ1) is 12.4. The van der Waals surface area contributed by atoms with E-state index >= 15 is 0 Å². The number of nitrogens with zero attached hydrogens (tertiary/aromatic N) is 3. The summed E-state index contributed by atoms with van der Waals surface area (Å²) < 4.78 is 0. The van der Waals surface area contributed by atoms with E-state index in [1.165, 1.54) is 12.4 Å². The maximum Gasteiger partial charge on any atom is 0.356 e. The van der Waals surface area contributed by atoms with Crippen molar-refractivity contribution in [2.24, 2.45) is 0 Å². The van der Waals surface area contributed by atoms with Crippen LogP contribution >= 0.6 is 11.3 Å². The summed E-state index contributed by atoms with van der Waals surface area (Å²) in [5.41, 5.74) is 0.911. The summed E-state index contributed by atoms with van der Waals surface area (Å²) in [6.07, 6.45) is 2.63. The van der Waals surface area contributed by atoms with Crippen LogP contribution in [-0.2, 0) is 0 Å². The quantitative estimate of drug-likeness (QED) is 0.879. The Morgan fingerprint density at radius 3 is 2.72 bits per heavy atom. The first-order valence-electron chi connectivity index (χ1n) is 5.30. The summed E-state index contributed by atoms with van der Waals surface area (Å²) in [7, 11) is 0. The lowest BCUT2D eigenvalue weighted by Gasteiger charge is -2.11. The maximum atomic E-state index is 10.6. The summed E-state index contributed by atoms with van der Waals surface area (Å²) in [5.74, 6) is -0.557.